The van der Waals surface area contributed by atoms with Gasteiger partial charge in [0.05, 0.1) is 24.3 Å². The van der Waals surface area contributed by atoms with Crippen molar-refractivity contribution >= 4 is 45.3 Å². The second-order valence-corrected chi connectivity index (χ2v) is 9.77. The molecule has 2 N–H and O–H groups in total. The van der Waals surface area contributed by atoms with Crippen LogP contribution in [-0.4, -0.2) is 41.0 Å². The first-order valence-corrected chi connectivity index (χ1v) is 12.7. The van der Waals surface area contributed by atoms with Gasteiger partial charge < -0.3 is 10.1 Å². The number of hydrogen-bond acceptors (Lipinski definition) is 7. The van der Waals surface area contributed by atoms with Crippen molar-refractivity contribution < 1.29 is 14.3 Å². The molecule has 0 fully saturated rings. The first kappa shape index (κ1) is 23.5. The van der Waals surface area contributed by atoms with Crippen LogP contribution < -0.4 is 16.2 Å². The number of carbonyl (C=O) groups is 2. The Balaban J connectivity index is 1.45. The van der Waals surface area contributed by atoms with Gasteiger partial charge in [0.2, 0.25) is 5.91 Å². The highest BCUT2D eigenvalue weighted by Gasteiger charge is 2.22. The Morgan fingerprint density at radius 1 is 1.21 bits per heavy atom. The molecule has 8 nitrogen and oxygen atoms in total. The number of nitrogens with zero attached hydrogens (tertiary/aromatic N) is 2. The molecule has 0 bridgehead atoms. The van der Waals surface area contributed by atoms with Crippen molar-refractivity contribution in [1.82, 2.24) is 20.2 Å². The number of amides is 3. The molecule has 2 aromatic heterocycles. The van der Waals surface area contributed by atoms with Gasteiger partial charge in [-0.15, -0.1) is 11.3 Å². The van der Waals surface area contributed by atoms with Crippen molar-refractivity contribution in [2.24, 2.45) is 0 Å². The van der Waals surface area contributed by atoms with E-state index in [0.29, 0.717) is 30.2 Å². The summed E-state index contributed by atoms with van der Waals surface area (Å²) in [4.78, 5) is 44.4. The minimum absolute atomic E-state index is 0.0330. The minimum Gasteiger partial charge on any atom is -0.383 e. The quantitative estimate of drug-likeness (QED) is 0.375. The number of aromatic nitrogens is 2. The summed E-state index contributed by atoms with van der Waals surface area (Å²) in [5, 5.41) is 6.16. The third-order valence-electron chi connectivity index (χ3n) is 5.44. The summed E-state index contributed by atoms with van der Waals surface area (Å²) in [5.74, 6) is -0.488. The number of thioether (sulfide) groups is 1. The van der Waals surface area contributed by atoms with E-state index in [4.69, 9.17) is 9.72 Å². The zero-order valence-electron chi connectivity index (χ0n) is 18.4. The zero-order valence-corrected chi connectivity index (χ0v) is 20.0. The number of aryl methyl sites for hydroxylation is 2. The van der Waals surface area contributed by atoms with Crippen LogP contribution in [0.4, 0.5) is 4.79 Å². The number of imide groups is 1. The van der Waals surface area contributed by atoms with Crippen molar-refractivity contribution in [2.75, 3.05) is 19.5 Å². The molecule has 3 amide bonds. The molecule has 4 rings (SSSR count). The van der Waals surface area contributed by atoms with Crippen LogP contribution in [0, 0.1) is 0 Å². The van der Waals surface area contributed by atoms with E-state index in [1.54, 1.807) is 23.0 Å². The van der Waals surface area contributed by atoms with Crippen molar-refractivity contribution in [1.29, 1.82) is 0 Å². The van der Waals surface area contributed by atoms with Crippen molar-refractivity contribution in [2.45, 2.75) is 43.9 Å². The number of nitrogens with one attached hydrogen (secondary N) is 2. The lowest BCUT2D eigenvalue weighted by molar-refractivity contribution is -0.117. The molecule has 10 heteroatoms. The number of ether oxygens (including phenoxy) is 1. The van der Waals surface area contributed by atoms with Gasteiger partial charge in [0.1, 0.15) is 4.83 Å². The van der Waals surface area contributed by atoms with E-state index < -0.39 is 11.9 Å². The van der Waals surface area contributed by atoms with Crippen molar-refractivity contribution in [3.8, 4) is 0 Å². The Morgan fingerprint density at radius 2 is 2.00 bits per heavy atom. The fourth-order valence-corrected chi connectivity index (χ4v) is 5.95. The number of carbonyl (C=O) groups excluding carboxylic acids is 2. The van der Waals surface area contributed by atoms with Gasteiger partial charge in [-0.2, -0.15) is 0 Å². The molecule has 1 aromatic carbocycles. The highest BCUT2D eigenvalue weighted by Crippen LogP contribution is 2.34. The molecule has 1 aliphatic carbocycles. The number of urea groups is 1. The SMILES string of the molecule is COCCn1c(SCC(=O)NC(=O)NCc2ccccc2)nc2sc3c(c2c1=O)CCCC3. The second kappa shape index (κ2) is 11.0. The van der Waals surface area contributed by atoms with E-state index >= 15 is 0 Å². The van der Waals surface area contributed by atoms with Gasteiger partial charge in [0, 0.05) is 18.5 Å². The van der Waals surface area contributed by atoms with Crippen molar-refractivity contribution in [3.05, 3.63) is 56.7 Å². The fraction of sp³-hybridized carbons (Fsp3) is 0.391. The number of methoxy groups -OCH3 is 1. The number of fused-ring (bicyclic) bond motifs is 3. The standard InChI is InChI=1S/C23H26N4O4S2/c1-31-12-11-27-21(29)19-16-9-5-6-10-17(16)33-20(19)26-23(27)32-14-18(28)25-22(30)24-13-15-7-3-2-4-8-15/h2-4,7-8H,5-6,9-14H2,1H3,(H2,24,25,28,30). The van der Waals surface area contributed by atoms with E-state index in [9.17, 15) is 14.4 Å². The molecule has 1 aliphatic rings. The Hall–Kier alpha value is -2.69. The van der Waals surface area contributed by atoms with Crippen LogP contribution in [0.1, 0.15) is 28.8 Å². The normalized spacial score (nSPS) is 13.0. The summed E-state index contributed by atoms with van der Waals surface area (Å²) in [6.07, 6.45) is 4.10. The third-order valence-corrected chi connectivity index (χ3v) is 7.60. The number of hydrogen-bond donors (Lipinski definition) is 2. The average Bonchev–Trinajstić information content (AvgIpc) is 3.20. The lowest BCUT2D eigenvalue weighted by Crippen LogP contribution is -2.40. The van der Waals surface area contributed by atoms with E-state index in [1.807, 2.05) is 30.3 Å². The summed E-state index contributed by atoms with van der Waals surface area (Å²) in [6, 6.07) is 8.88. The predicted molar refractivity (Wildman–Crippen MR) is 130 cm³/mol. The highest BCUT2D eigenvalue weighted by molar-refractivity contribution is 7.99. The van der Waals surface area contributed by atoms with Gasteiger partial charge in [-0.25, -0.2) is 9.78 Å². The number of rotatable bonds is 8. The Kier molecular flexibility index (Phi) is 7.79. The van der Waals surface area contributed by atoms with E-state index in [0.717, 1.165) is 53.4 Å². The molecular weight excluding hydrogens is 460 g/mol. The van der Waals surface area contributed by atoms with E-state index in [2.05, 4.69) is 10.6 Å². The summed E-state index contributed by atoms with van der Waals surface area (Å²) in [5.41, 5.74) is 1.99. The molecule has 33 heavy (non-hydrogen) atoms. The summed E-state index contributed by atoms with van der Waals surface area (Å²) >= 11 is 2.72. The van der Waals surface area contributed by atoms with Crippen LogP contribution >= 0.6 is 23.1 Å². The van der Waals surface area contributed by atoms with Crippen LogP contribution in [0.3, 0.4) is 0 Å². The molecule has 174 valence electrons. The fourth-order valence-electron chi connectivity index (χ4n) is 3.82. The summed E-state index contributed by atoms with van der Waals surface area (Å²) in [7, 11) is 1.58. The number of benzene rings is 1. The molecule has 0 spiro atoms. The zero-order chi connectivity index (χ0) is 23.2. The molecule has 0 unspecified atom stereocenters. The van der Waals surface area contributed by atoms with Gasteiger partial charge in [-0.05, 0) is 36.8 Å². The summed E-state index contributed by atoms with van der Waals surface area (Å²) in [6.45, 7) is 1.04. The lowest BCUT2D eigenvalue weighted by atomic mass is 9.97. The molecule has 0 radical (unpaired) electrons. The third kappa shape index (κ3) is 5.63. The Morgan fingerprint density at radius 3 is 2.79 bits per heavy atom. The molecular formula is C23H26N4O4S2. The van der Waals surface area contributed by atoms with Crippen LogP contribution in [0.15, 0.2) is 40.3 Å². The van der Waals surface area contributed by atoms with Gasteiger partial charge in [-0.3, -0.25) is 19.5 Å². The van der Waals surface area contributed by atoms with Gasteiger partial charge >= 0.3 is 6.03 Å². The molecule has 3 aromatic rings. The van der Waals surface area contributed by atoms with Crippen molar-refractivity contribution in [3.63, 3.8) is 0 Å². The monoisotopic (exact) mass is 486 g/mol. The van der Waals surface area contributed by atoms with E-state index in [-0.39, 0.29) is 11.3 Å². The van der Waals surface area contributed by atoms with Gasteiger partial charge in [0.15, 0.2) is 5.16 Å². The predicted octanol–water partition coefficient (Wildman–Crippen LogP) is 3.10. The van der Waals surface area contributed by atoms with Crippen LogP contribution in [-0.2, 0) is 35.5 Å². The Labute approximate surface area is 199 Å². The first-order valence-electron chi connectivity index (χ1n) is 10.8. The molecule has 0 saturated heterocycles. The highest BCUT2D eigenvalue weighted by atomic mass is 32.2. The molecule has 0 aliphatic heterocycles. The summed E-state index contributed by atoms with van der Waals surface area (Å²) < 4.78 is 6.76. The average molecular weight is 487 g/mol. The smallest absolute Gasteiger partial charge is 0.321 e. The van der Waals surface area contributed by atoms with E-state index in [1.165, 1.54) is 4.88 Å². The largest absolute Gasteiger partial charge is 0.383 e. The molecule has 0 saturated carbocycles. The molecule has 0 atom stereocenters. The van der Waals surface area contributed by atoms with Gasteiger partial charge in [0.25, 0.3) is 5.56 Å². The maximum absolute atomic E-state index is 13.3. The Bertz CT molecular complexity index is 1210. The van der Waals surface area contributed by atoms with Gasteiger partial charge in [-0.1, -0.05) is 42.1 Å². The minimum atomic E-state index is -0.560. The van der Waals surface area contributed by atoms with Crippen LogP contribution in [0.25, 0.3) is 10.2 Å². The maximum atomic E-state index is 13.3. The maximum Gasteiger partial charge on any atom is 0.321 e. The molecule has 2 heterocycles. The van der Waals surface area contributed by atoms with Crippen LogP contribution in [0.2, 0.25) is 0 Å². The lowest BCUT2D eigenvalue weighted by Gasteiger charge is -2.13. The second-order valence-electron chi connectivity index (χ2n) is 7.74. The first-order chi connectivity index (χ1) is 16.1. The van der Waals surface area contributed by atoms with Crippen LogP contribution in [0.5, 0.6) is 0 Å². The topological polar surface area (TPSA) is 102 Å². The number of thiophene rings is 1.